The van der Waals surface area contributed by atoms with Gasteiger partial charge in [0.15, 0.2) is 0 Å². The third-order valence-electron chi connectivity index (χ3n) is 2.83. The first kappa shape index (κ1) is 11.4. The van der Waals surface area contributed by atoms with Gasteiger partial charge in [-0.3, -0.25) is 0 Å². The van der Waals surface area contributed by atoms with Gasteiger partial charge in [0.05, 0.1) is 12.3 Å². The van der Waals surface area contributed by atoms with E-state index in [0.717, 1.165) is 31.7 Å². The van der Waals surface area contributed by atoms with Crippen molar-refractivity contribution in [3.63, 3.8) is 0 Å². The molecular formula is C12H17FN2O. The SMILES string of the molecule is NCc1cccc(F)c1N1CCCOCC1. The molecule has 0 aromatic heterocycles. The average Bonchev–Trinajstić information content (AvgIpc) is 2.57. The molecule has 0 spiro atoms. The summed E-state index contributed by atoms with van der Waals surface area (Å²) < 4.78 is 19.2. The van der Waals surface area contributed by atoms with Crippen LogP contribution in [0.15, 0.2) is 18.2 Å². The number of nitrogens with two attached hydrogens (primary N) is 1. The third-order valence-corrected chi connectivity index (χ3v) is 2.83. The average molecular weight is 224 g/mol. The van der Waals surface area contributed by atoms with Crippen LogP contribution < -0.4 is 10.6 Å². The molecule has 1 fully saturated rings. The highest BCUT2D eigenvalue weighted by Gasteiger charge is 2.16. The highest BCUT2D eigenvalue weighted by molar-refractivity contribution is 5.55. The molecule has 0 atom stereocenters. The molecule has 0 saturated carbocycles. The Hall–Kier alpha value is -1.13. The van der Waals surface area contributed by atoms with Crippen LogP contribution in [0.2, 0.25) is 0 Å². The van der Waals surface area contributed by atoms with Gasteiger partial charge in [-0.1, -0.05) is 12.1 Å². The van der Waals surface area contributed by atoms with Gasteiger partial charge in [-0.05, 0) is 18.1 Å². The Labute approximate surface area is 95.0 Å². The maximum absolute atomic E-state index is 13.8. The summed E-state index contributed by atoms with van der Waals surface area (Å²) in [5, 5.41) is 0. The van der Waals surface area contributed by atoms with E-state index in [-0.39, 0.29) is 5.82 Å². The van der Waals surface area contributed by atoms with E-state index in [2.05, 4.69) is 0 Å². The van der Waals surface area contributed by atoms with Gasteiger partial charge in [0.25, 0.3) is 0 Å². The molecule has 1 aliphatic heterocycles. The van der Waals surface area contributed by atoms with Crippen molar-refractivity contribution in [3.05, 3.63) is 29.6 Å². The molecule has 16 heavy (non-hydrogen) atoms. The lowest BCUT2D eigenvalue weighted by Crippen LogP contribution is -2.28. The number of anilines is 1. The molecule has 4 heteroatoms. The molecule has 1 saturated heterocycles. The molecule has 3 nitrogen and oxygen atoms in total. The van der Waals surface area contributed by atoms with Gasteiger partial charge in [0.1, 0.15) is 5.82 Å². The first-order chi connectivity index (χ1) is 7.83. The number of ether oxygens (including phenoxy) is 1. The van der Waals surface area contributed by atoms with Crippen molar-refractivity contribution in [2.45, 2.75) is 13.0 Å². The topological polar surface area (TPSA) is 38.5 Å². The number of hydrogen-bond donors (Lipinski definition) is 1. The highest BCUT2D eigenvalue weighted by Crippen LogP contribution is 2.25. The Kier molecular flexibility index (Phi) is 3.74. The minimum absolute atomic E-state index is 0.190. The molecule has 0 bridgehead atoms. The number of halogens is 1. The van der Waals surface area contributed by atoms with Crippen molar-refractivity contribution >= 4 is 5.69 Å². The van der Waals surface area contributed by atoms with E-state index in [1.807, 2.05) is 11.0 Å². The van der Waals surface area contributed by atoms with Crippen LogP contribution in [-0.2, 0) is 11.3 Å². The fourth-order valence-corrected chi connectivity index (χ4v) is 2.05. The smallest absolute Gasteiger partial charge is 0.146 e. The molecule has 0 unspecified atom stereocenters. The third kappa shape index (κ3) is 2.33. The molecular weight excluding hydrogens is 207 g/mol. The zero-order valence-corrected chi connectivity index (χ0v) is 9.29. The summed E-state index contributed by atoms with van der Waals surface area (Å²) in [7, 11) is 0. The molecule has 1 aromatic rings. The van der Waals surface area contributed by atoms with Gasteiger partial charge in [-0.25, -0.2) is 4.39 Å². The van der Waals surface area contributed by atoms with Crippen molar-refractivity contribution in [2.24, 2.45) is 5.73 Å². The van der Waals surface area contributed by atoms with Gasteiger partial charge in [0, 0.05) is 26.2 Å². The summed E-state index contributed by atoms with van der Waals surface area (Å²) in [6.07, 6.45) is 0.929. The lowest BCUT2D eigenvalue weighted by molar-refractivity contribution is 0.152. The fourth-order valence-electron chi connectivity index (χ4n) is 2.05. The Morgan fingerprint density at radius 3 is 3.00 bits per heavy atom. The van der Waals surface area contributed by atoms with Crippen molar-refractivity contribution in [3.8, 4) is 0 Å². The second-order valence-corrected chi connectivity index (χ2v) is 3.90. The summed E-state index contributed by atoms with van der Waals surface area (Å²) in [6, 6.07) is 5.07. The van der Waals surface area contributed by atoms with Crippen LogP contribution >= 0.6 is 0 Å². The minimum atomic E-state index is -0.190. The maximum atomic E-state index is 13.8. The van der Waals surface area contributed by atoms with Crippen LogP contribution in [0.25, 0.3) is 0 Å². The van der Waals surface area contributed by atoms with Crippen LogP contribution in [0.4, 0.5) is 10.1 Å². The Balaban J connectivity index is 2.29. The van der Waals surface area contributed by atoms with Crippen molar-refractivity contribution in [2.75, 3.05) is 31.2 Å². The largest absolute Gasteiger partial charge is 0.380 e. The van der Waals surface area contributed by atoms with Gasteiger partial charge < -0.3 is 15.4 Å². The maximum Gasteiger partial charge on any atom is 0.146 e. The first-order valence-corrected chi connectivity index (χ1v) is 5.63. The fraction of sp³-hybridized carbons (Fsp3) is 0.500. The second-order valence-electron chi connectivity index (χ2n) is 3.90. The molecule has 2 N–H and O–H groups in total. The number of rotatable bonds is 2. The van der Waals surface area contributed by atoms with E-state index in [1.54, 1.807) is 6.07 Å². The molecule has 0 radical (unpaired) electrons. The Morgan fingerprint density at radius 1 is 1.31 bits per heavy atom. The lowest BCUT2D eigenvalue weighted by atomic mass is 10.1. The predicted molar refractivity (Wildman–Crippen MR) is 61.9 cm³/mol. The van der Waals surface area contributed by atoms with E-state index in [1.165, 1.54) is 6.07 Å². The predicted octanol–water partition coefficient (Wildman–Crippen LogP) is 1.51. The van der Waals surface area contributed by atoms with Gasteiger partial charge in [0.2, 0.25) is 0 Å². The molecule has 88 valence electrons. The number of para-hydroxylation sites is 1. The van der Waals surface area contributed by atoms with Crippen LogP contribution in [0, 0.1) is 5.82 Å². The number of nitrogens with zero attached hydrogens (tertiary/aromatic N) is 1. The first-order valence-electron chi connectivity index (χ1n) is 5.63. The van der Waals surface area contributed by atoms with E-state index in [9.17, 15) is 4.39 Å². The van der Waals surface area contributed by atoms with Gasteiger partial charge in [-0.15, -0.1) is 0 Å². The van der Waals surface area contributed by atoms with E-state index in [0.29, 0.717) is 18.8 Å². The summed E-state index contributed by atoms with van der Waals surface area (Å²) in [6.45, 7) is 3.33. The zero-order valence-electron chi connectivity index (χ0n) is 9.29. The summed E-state index contributed by atoms with van der Waals surface area (Å²) in [4.78, 5) is 2.03. The lowest BCUT2D eigenvalue weighted by Gasteiger charge is -2.25. The van der Waals surface area contributed by atoms with Crippen molar-refractivity contribution in [1.82, 2.24) is 0 Å². The molecule has 1 aliphatic rings. The van der Waals surface area contributed by atoms with Gasteiger partial charge >= 0.3 is 0 Å². The van der Waals surface area contributed by atoms with E-state index < -0.39 is 0 Å². The summed E-state index contributed by atoms with van der Waals surface area (Å²) in [5.74, 6) is -0.190. The normalized spacial score (nSPS) is 17.2. The quantitative estimate of drug-likeness (QED) is 0.827. The number of hydrogen-bond acceptors (Lipinski definition) is 3. The second kappa shape index (κ2) is 5.27. The van der Waals surface area contributed by atoms with E-state index >= 15 is 0 Å². The van der Waals surface area contributed by atoms with E-state index in [4.69, 9.17) is 10.5 Å². The van der Waals surface area contributed by atoms with Crippen molar-refractivity contribution < 1.29 is 9.13 Å². The number of benzene rings is 1. The van der Waals surface area contributed by atoms with Crippen molar-refractivity contribution in [1.29, 1.82) is 0 Å². The summed E-state index contributed by atoms with van der Waals surface area (Å²) >= 11 is 0. The van der Waals surface area contributed by atoms with Crippen LogP contribution in [-0.4, -0.2) is 26.3 Å². The van der Waals surface area contributed by atoms with Crippen LogP contribution in [0.5, 0.6) is 0 Å². The molecule has 1 aromatic carbocycles. The molecule has 0 amide bonds. The molecule has 1 heterocycles. The van der Waals surface area contributed by atoms with Crippen LogP contribution in [0.1, 0.15) is 12.0 Å². The van der Waals surface area contributed by atoms with Crippen LogP contribution in [0.3, 0.4) is 0 Å². The zero-order chi connectivity index (χ0) is 11.4. The minimum Gasteiger partial charge on any atom is -0.380 e. The molecule has 0 aliphatic carbocycles. The standard InChI is InChI=1S/C12H17FN2O/c13-11-4-1-3-10(9-14)12(11)15-5-2-7-16-8-6-15/h1,3-4H,2,5-9,14H2. The van der Waals surface area contributed by atoms with Gasteiger partial charge in [-0.2, -0.15) is 0 Å². The Bertz CT molecular complexity index is 349. The Morgan fingerprint density at radius 2 is 2.19 bits per heavy atom. The highest BCUT2D eigenvalue weighted by atomic mass is 19.1. The monoisotopic (exact) mass is 224 g/mol. The summed E-state index contributed by atoms with van der Waals surface area (Å²) in [5.41, 5.74) is 7.15. The molecule has 2 rings (SSSR count).